The van der Waals surface area contributed by atoms with Crippen LogP contribution in [0.15, 0.2) is 46.8 Å². The largest absolute Gasteiger partial charge is 0.497 e. The molecule has 0 aromatic heterocycles. The fraction of sp³-hybridized carbons (Fsp3) is 0.458. The van der Waals surface area contributed by atoms with Crippen LogP contribution < -0.4 is 10.1 Å². The van der Waals surface area contributed by atoms with Crippen molar-refractivity contribution in [2.45, 2.75) is 46.1 Å². The van der Waals surface area contributed by atoms with Gasteiger partial charge in [0.1, 0.15) is 11.7 Å². The van der Waals surface area contributed by atoms with Gasteiger partial charge in [0.2, 0.25) is 0 Å². The van der Waals surface area contributed by atoms with Gasteiger partial charge in [0.05, 0.1) is 25.9 Å². The molecule has 0 saturated carbocycles. The minimum Gasteiger partial charge on any atom is -0.497 e. The number of ketones is 1. The maximum absolute atomic E-state index is 13.6. The van der Waals surface area contributed by atoms with E-state index in [9.17, 15) is 14.4 Å². The molecule has 0 amide bonds. The predicted octanol–water partition coefficient (Wildman–Crippen LogP) is 3.26. The summed E-state index contributed by atoms with van der Waals surface area (Å²) < 4.78 is 15.7. The Labute approximate surface area is 182 Å². The Bertz CT molecular complexity index is 957. The number of Topliss-reactive ketones (excluding diaryl/α,β-unsaturated/α-hetero) is 1. The molecule has 1 N–H and O–H groups in total. The van der Waals surface area contributed by atoms with Crippen molar-refractivity contribution in [3.63, 3.8) is 0 Å². The number of carbonyl (C=O) groups is 3. The number of rotatable bonds is 5. The van der Waals surface area contributed by atoms with Crippen molar-refractivity contribution in [3.8, 4) is 5.75 Å². The molecule has 0 bridgehead atoms. The second-order valence-corrected chi connectivity index (χ2v) is 8.26. The Morgan fingerprint density at radius 1 is 1.13 bits per heavy atom. The summed E-state index contributed by atoms with van der Waals surface area (Å²) >= 11 is 0. The molecular formula is C24H29NO6. The lowest BCUT2D eigenvalue weighted by Crippen LogP contribution is -2.43. The molecule has 3 rings (SSSR count). The Hall–Kier alpha value is -3.09. The molecule has 7 heteroatoms. The van der Waals surface area contributed by atoms with Crippen molar-refractivity contribution < 1.29 is 28.6 Å². The van der Waals surface area contributed by atoms with Crippen LogP contribution in [0, 0.1) is 11.8 Å². The summed E-state index contributed by atoms with van der Waals surface area (Å²) in [6.07, 6.45) is 0.182. The molecule has 0 saturated heterocycles. The minimum atomic E-state index is -0.910. The number of esters is 2. The zero-order valence-electron chi connectivity index (χ0n) is 18.8. The fourth-order valence-electron chi connectivity index (χ4n) is 4.36. The first-order valence-electron chi connectivity index (χ1n) is 10.4. The number of ether oxygens (including phenoxy) is 3. The van der Waals surface area contributed by atoms with Crippen LogP contribution in [-0.4, -0.2) is 38.0 Å². The first-order chi connectivity index (χ1) is 14.7. The number of carbonyl (C=O) groups excluding carboxylic acids is 3. The maximum atomic E-state index is 13.6. The Kier molecular flexibility index (Phi) is 6.53. The third kappa shape index (κ3) is 4.22. The van der Waals surface area contributed by atoms with E-state index in [4.69, 9.17) is 14.2 Å². The monoisotopic (exact) mass is 427 g/mol. The molecular weight excluding hydrogens is 398 g/mol. The van der Waals surface area contributed by atoms with E-state index in [-0.39, 0.29) is 17.8 Å². The molecule has 7 nitrogen and oxygen atoms in total. The molecule has 1 heterocycles. The minimum absolute atomic E-state index is 0.223. The lowest BCUT2D eigenvalue weighted by Gasteiger charge is -2.38. The van der Waals surface area contributed by atoms with Crippen molar-refractivity contribution in [2.24, 2.45) is 11.8 Å². The molecule has 3 atom stereocenters. The zero-order valence-corrected chi connectivity index (χ0v) is 18.8. The molecule has 0 spiro atoms. The van der Waals surface area contributed by atoms with E-state index in [1.54, 1.807) is 40.0 Å². The first kappa shape index (κ1) is 22.6. The molecule has 0 radical (unpaired) electrons. The van der Waals surface area contributed by atoms with Crippen molar-refractivity contribution in [1.29, 1.82) is 0 Å². The number of allylic oxidation sites excluding steroid dienone is 3. The van der Waals surface area contributed by atoms with Crippen LogP contribution in [0.1, 0.15) is 45.6 Å². The van der Waals surface area contributed by atoms with E-state index in [1.807, 2.05) is 19.1 Å². The maximum Gasteiger partial charge on any atom is 0.337 e. The third-order valence-corrected chi connectivity index (χ3v) is 5.75. The highest BCUT2D eigenvalue weighted by atomic mass is 16.5. The van der Waals surface area contributed by atoms with Gasteiger partial charge in [-0.3, -0.25) is 9.59 Å². The molecule has 31 heavy (non-hydrogen) atoms. The van der Waals surface area contributed by atoms with Crippen LogP contribution in [-0.2, 0) is 23.9 Å². The van der Waals surface area contributed by atoms with Gasteiger partial charge in [-0.25, -0.2) is 4.79 Å². The Morgan fingerprint density at radius 3 is 2.32 bits per heavy atom. The molecule has 2 aliphatic rings. The number of benzene rings is 1. The van der Waals surface area contributed by atoms with Crippen molar-refractivity contribution in [1.82, 2.24) is 5.32 Å². The van der Waals surface area contributed by atoms with E-state index < -0.39 is 23.8 Å². The number of methoxy groups -OCH3 is 2. The topological polar surface area (TPSA) is 90.9 Å². The number of hydrogen-bond donors (Lipinski definition) is 1. The van der Waals surface area contributed by atoms with Gasteiger partial charge in [-0.15, -0.1) is 0 Å². The predicted molar refractivity (Wildman–Crippen MR) is 114 cm³/mol. The van der Waals surface area contributed by atoms with E-state index in [1.165, 1.54) is 7.11 Å². The van der Waals surface area contributed by atoms with Crippen molar-refractivity contribution >= 4 is 17.7 Å². The quantitative estimate of drug-likeness (QED) is 0.570. The summed E-state index contributed by atoms with van der Waals surface area (Å²) in [6, 6.07) is 7.22. The van der Waals surface area contributed by atoms with Gasteiger partial charge < -0.3 is 19.5 Å². The smallest absolute Gasteiger partial charge is 0.337 e. The highest BCUT2D eigenvalue weighted by Gasteiger charge is 2.47. The molecule has 1 aromatic rings. The van der Waals surface area contributed by atoms with Gasteiger partial charge in [0.25, 0.3) is 0 Å². The normalized spacial score (nSPS) is 23.3. The molecule has 1 aliphatic carbocycles. The molecule has 166 valence electrons. The summed E-state index contributed by atoms with van der Waals surface area (Å²) in [5.74, 6) is -2.50. The van der Waals surface area contributed by atoms with Gasteiger partial charge >= 0.3 is 11.9 Å². The van der Waals surface area contributed by atoms with Crippen LogP contribution in [0.5, 0.6) is 5.75 Å². The zero-order chi connectivity index (χ0) is 22.9. The Balaban J connectivity index is 2.17. The third-order valence-electron chi connectivity index (χ3n) is 5.75. The molecule has 1 aromatic carbocycles. The van der Waals surface area contributed by atoms with Crippen molar-refractivity contribution in [2.75, 3.05) is 14.2 Å². The lowest BCUT2D eigenvalue weighted by molar-refractivity contribution is -0.151. The van der Waals surface area contributed by atoms with Gasteiger partial charge in [-0.05, 0) is 50.8 Å². The summed E-state index contributed by atoms with van der Waals surface area (Å²) in [4.78, 5) is 39.1. The number of dihydropyridines is 1. The average molecular weight is 427 g/mol. The van der Waals surface area contributed by atoms with Gasteiger partial charge in [0, 0.05) is 22.9 Å². The van der Waals surface area contributed by atoms with Crippen LogP contribution in [0.3, 0.4) is 0 Å². The van der Waals surface area contributed by atoms with E-state index >= 15 is 0 Å². The van der Waals surface area contributed by atoms with Gasteiger partial charge in [-0.2, -0.15) is 0 Å². The van der Waals surface area contributed by atoms with Crippen LogP contribution in [0.2, 0.25) is 0 Å². The second-order valence-electron chi connectivity index (χ2n) is 8.26. The van der Waals surface area contributed by atoms with Gasteiger partial charge in [-0.1, -0.05) is 19.1 Å². The van der Waals surface area contributed by atoms with Crippen LogP contribution >= 0.6 is 0 Å². The summed E-state index contributed by atoms with van der Waals surface area (Å²) in [6.45, 7) is 7.21. The highest BCUT2D eigenvalue weighted by molar-refractivity contribution is 6.12. The van der Waals surface area contributed by atoms with Crippen LogP contribution in [0.25, 0.3) is 0 Å². The number of nitrogens with one attached hydrogen (secondary N) is 1. The number of hydrogen-bond acceptors (Lipinski definition) is 7. The summed E-state index contributed by atoms with van der Waals surface area (Å²) in [5.41, 5.74) is 2.90. The highest BCUT2D eigenvalue weighted by Crippen LogP contribution is 2.45. The second kappa shape index (κ2) is 8.96. The van der Waals surface area contributed by atoms with Crippen LogP contribution in [0.4, 0.5) is 0 Å². The standard InChI is InChI=1S/C24H29NO6/c1-12(2)31-24(28)19-14(4)25-17-11-13(3)18(23(27)30-6)22(26)21(17)20(19)15-7-9-16(29-5)10-8-15/h7-10,12-13,18,20,25H,11H2,1-6H3/t13-,18-,20+/m1/s1. The Morgan fingerprint density at radius 2 is 1.77 bits per heavy atom. The first-order valence-corrected chi connectivity index (χ1v) is 10.4. The van der Waals surface area contributed by atoms with E-state index in [2.05, 4.69) is 5.32 Å². The fourth-order valence-corrected chi connectivity index (χ4v) is 4.36. The molecule has 1 aliphatic heterocycles. The van der Waals surface area contributed by atoms with Gasteiger partial charge in [0.15, 0.2) is 5.78 Å². The summed E-state index contributed by atoms with van der Waals surface area (Å²) in [7, 11) is 2.85. The van der Waals surface area contributed by atoms with E-state index in [0.29, 0.717) is 29.0 Å². The molecule has 0 unspecified atom stereocenters. The van der Waals surface area contributed by atoms with Crippen molar-refractivity contribution in [3.05, 3.63) is 52.4 Å². The summed E-state index contributed by atoms with van der Waals surface area (Å²) in [5, 5.41) is 3.24. The molecule has 0 fully saturated rings. The lowest BCUT2D eigenvalue weighted by atomic mass is 9.69. The van der Waals surface area contributed by atoms with E-state index in [0.717, 1.165) is 11.3 Å². The SMILES string of the molecule is COC(=O)[C@H]1C(=O)C2=C(C[C@H]1C)NC(C)=C(C(=O)OC(C)C)[C@@H]2c1ccc(OC)cc1. The average Bonchev–Trinajstić information content (AvgIpc) is 2.71.